The Balaban J connectivity index is 1.70. The molecule has 3 rings (SSSR count). The van der Waals surface area contributed by atoms with Crippen LogP contribution in [-0.2, 0) is 9.59 Å². The lowest BCUT2D eigenvalue weighted by Gasteiger charge is -2.25. The predicted molar refractivity (Wildman–Crippen MR) is 113 cm³/mol. The Morgan fingerprint density at radius 1 is 1.20 bits per heavy atom. The van der Waals surface area contributed by atoms with Crippen LogP contribution in [-0.4, -0.2) is 66.9 Å². The second kappa shape index (κ2) is 10.5. The van der Waals surface area contributed by atoms with Gasteiger partial charge in [0.2, 0.25) is 17.8 Å². The maximum atomic E-state index is 13.1. The first-order valence-corrected chi connectivity index (χ1v) is 10.3. The van der Waals surface area contributed by atoms with Gasteiger partial charge in [0.1, 0.15) is 11.8 Å². The summed E-state index contributed by atoms with van der Waals surface area (Å²) in [7, 11) is 1.59. The molecule has 2 heterocycles. The SMILES string of the molecule is COc1ccc(NC(=N[C@@H]2CCCCN(CC(=O)N3CCCC3)C2=O)NC#N)cc1. The van der Waals surface area contributed by atoms with E-state index in [1.165, 1.54) is 0 Å². The number of carbonyl (C=O) groups excluding carboxylic acids is 2. The van der Waals surface area contributed by atoms with E-state index < -0.39 is 6.04 Å². The minimum absolute atomic E-state index is 0.00258. The van der Waals surface area contributed by atoms with Crippen LogP contribution in [0.1, 0.15) is 32.1 Å². The summed E-state index contributed by atoms with van der Waals surface area (Å²) >= 11 is 0. The number of rotatable bonds is 5. The molecule has 0 spiro atoms. The van der Waals surface area contributed by atoms with Crippen LogP contribution in [0.15, 0.2) is 29.3 Å². The highest BCUT2D eigenvalue weighted by Crippen LogP contribution is 2.18. The molecule has 0 aliphatic carbocycles. The van der Waals surface area contributed by atoms with Gasteiger partial charge in [-0.25, -0.2) is 4.99 Å². The molecule has 2 fully saturated rings. The Morgan fingerprint density at radius 3 is 2.57 bits per heavy atom. The van der Waals surface area contributed by atoms with E-state index in [2.05, 4.69) is 15.6 Å². The molecule has 2 saturated heterocycles. The first kappa shape index (κ1) is 21.4. The van der Waals surface area contributed by atoms with Crippen LogP contribution in [0.25, 0.3) is 0 Å². The van der Waals surface area contributed by atoms with Crippen LogP contribution in [0.3, 0.4) is 0 Å². The summed E-state index contributed by atoms with van der Waals surface area (Å²) in [6.07, 6.45) is 6.14. The van der Waals surface area contributed by atoms with Gasteiger partial charge in [-0.05, 0) is 56.4 Å². The van der Waals surface area contributed by atoms with Crippen molar-refractivity contribution in [1.82, 2.24) is 15.1 Å². The van der Waals surface area contributed by atoms with Gasteiger partial charge in [-0.1, -0.05) is 0 Å². The molecule has 30 heavy (non-hydrogen) atoms. The first-order chi connectivity index (χ1) is 14.6. The lowest BCUT2D eigenvalue weighted by Crippen LogP contribution is -2.45. The van der Waals surface area contributed by atoms with E-state index >= 15 is 0 Å². The van der Waals surface area contributed by atoms with Crippen molar-refractivity contribution in [1.29, 1.82) is 5.26 Å². The van der Waals surface area contributed by atoms with E-state index in [9.17, 15) is 9.59 Å². The number of nitrogens with one attached hydrogen (secondary N) is 2. The van der Waals surface area contributed by atoms with Gasteiger partial charge in [-0.2, -0.15) is 5.26 Å². The summed E-state index contributed by atoms with van der Waals surface area (Å²) in [6, 6.07) is 6.52. The maximum Gasteiger partial charge on any atom is 0.247 e. The number of guanidine groups is 1. The second-order valence-corrected chi connectivity index (χ2v) is 7.43. The average Bonchev–Trinajstić information content (AvgIpc) is 3.24. The molecule has 1 aromatic carbocycles. The zero-order chi connectivity index (χ0) is 21.3. The lowest BCUT2D eigenvalue weighted by molar-refractivity contribution is -0.140. The van der Waals surface area contributed by atoms with Crippen molar-refractivity contribution in [3.8, 4) is 11.9 Å². The quantitative estimate of drug-likeness (QED) is 0.329. The Hall–Kier alpha value is -3.28. The zero-order valence-corrected chi connectivity index (χ0v) is 17.3. The number of likely N-dealkylation sites (tertiary alicyclic amines) is 2. The number of hydrogen-bond donors (Lipinski definition) is 2. The number of amides is 2. The molecule has 1 atom stereocenters. The van der Waals surface area contributed by atoms with Crippen molar-refractivity contribution in [2.75, 3.05) is 38.6 Å². The average molecular weight is 412 g/mol. The normalized spacial score (nSPS) is 19.8. The summed E-state index contributed by atoms with van der Waals surface area (Å²) in [5.74, 6) is 0.740. The molecule has 2 amide bonds. The number of benzene rings is 1. The van der Waals surface area contributed by atoms with Crippen molar-refractivity contribution in [3.63, 3.8) is 0 Å². The molecule has 0 bridgehead atoms. The minimum atomic E-state index is -0.638. The molecule has 9 heteroatoms. The molecule has 160 valence electrons. The minimum Gasteiger partial charge on any atom is -0.497 e. The number of hydrogen-bond acceptors (Lipinski definition) is 5. The van der Waals surface area contributed by atoms with Crippen molar-refractivity contribution < 1.29 is 14.3 Å². The molecule has 2 aliphatic heterocycles. The number of carbonyl (C=O) groups is 2. The molecule has 0 unspecified atom stereocenters. The Bertz CT molecular complexity index is 811. The topological polar surface area (TPSA) is 110 Å². The molecule has 0 saturated carbocycles. The summed E-state index contributed by atoms with van der Waals surface area (Å²) < 4.78 is 5.14. The highest BCUT2D eigenvalue weighted by Gasteiger charge is 2.30. The number of nitrogens with zero attached hydrogens (tertiary/aromatic N) is 4. The van der Waals surface area contributed by atoms with E-state index in [4.69, 9.17) is 10.00 Å². The predicted octanol–water partition coefficient (Wildman–Crippen LogP) is 1.54. The number of methoxy groups -OCH3 is 1. The van der Waals surface area contributed by atoms with Gasteiger partial charge >= 0.3 is 0 Å². The summed E-state index contributed by atoms with van der Waals surface area (Å²) in [6.45, 7) is 2.18. The van der Waals surface area contributed by atoms with E-state index in [0.717, 1.165) is 38.8 Å². The van der Waals surface area contributed by atoms with Crippen LogP contribution in [0.2, 0.25) is 0 Å². The third kappa shape index (κ3) is 5.63. The van der Waals surface area contributed by atoms with Gasteiger partial charge in [-0.15, -0.1) is 0 Å². The fraction of sp³-hybridized carbons (Fsp3) is 0.524. The molecular weight excluding hydrogens is 384 g/mol. The fourth-order valence-electron chi connectivity index (χ4n) is 3.71. The molecule has 2 aliphatic rings. The van der Waals surface area contributed by atoms with Crippen molar-refractivity contribution in [2.45, 2.75) is 38.1 Å². The van der Waals surface area contributed by atoms with E-state index in [-0.39, 0.29) is 24.3 Å². The maximum absolute atomic E-state index is 13.1. The Morgan fingerprint density at radius 2 is 1.90 bits per heavy atom. The van der Waals surface area contributed by atoms with Crippen LogP contribution < -0.4 is 15.4 Å². The second-order valence-electron chi connectivity index (χ2n) is 7.43. The standard InChI is InChI=1S/C21H28N6O3/c1-30-17-9-7-16(8-10-17)24-21(23-15-22)25-18-6-2-3-13-27(20(18)29)14-19(28)26-11-4-5-12-26/h7-10,18H,2-6,11-14H2,1H3,(H2,23,24,25)/t18-/m1/s1. The summed E-state index contributed by atoms with van der Waals surface area (Å²) in [5.41, 5.74) is 0.708. The van der Waals surface area contributed by atoms with Crippen LogP contribution in [0.5, 0.6) is 5.75 Å². The molecule has 2 N–H and O–H groups in total. The molecule has 9 nitrogen and oxygen atoms in total. The van der Waals surface area contributed by atoms with Gasteiger partial charge in [0, 0.05) is 25.3 Å². The summed E-state index contributed by atoms with van der Waals surface area (Å²) in [4.78, 5) is 33.5. The number of anilines is 1. The number of ether oxygens (including phenoxy) is 1. The van der Waals surface area contributed by atoms with Crippen LogP contribution >= 0.6 is 0 Å². The lowest BCUT2D eigenvalue weighted by atomic mass is 10.1. The van der Waals surface area contributed by atoms with Gasteiger partial charge in [0.15, 0.2) is 6.19 Å². The van der Waals surface area contributed by atoms with E-state index in [1.807, 2.05) is 11.1 Å². The van der Waals surface area contributed by atoms with Gasteiger partial charge in [-0.3, -0.25) is 14.9 Å². The number of nitriles is 1. The van der Waals surface area contributed by atoms with Gasteiger partial charge in [0.05, 0.1) is 13.7 Å². The van der Waals surface area contributed by atoms with E-state index in [1.54, 1.807) is 36.3 Å². The summed E-state index contributed by atoms with van der Waals surface area (Å²) in [5, 5.41) is 14.6. The Kier molecular flexibility index (Phi) is 7.49. The van der Waals surface area contributed by atoms with Crippen LogP contribution in [0, 0.1) is 11.5 Å². The third-order valence-electron chi connectivity index (χ3n) is 5.35. The molecular formula is C21H28N6O3. The third-order valence-corrected chi connectivity index (χ3v) is 5.35. The Labute approximate surface area is 176 Å². The molecule has 0 aromatic heterocycles. The van der Waals surface area contributed by atoms with Crippen molar-refractivity contribution >= 4 is 23.5 Å². The van der Waals surface area contributed by atoms with Crippen LogP contribution in [0.4, 0.5) is 5.69 Å². The highest BCUT2D eigenvalue weighted by atomic mass is 16.5. The zero-order valence-electron chi connectivity index (χ0n) is 17.3. The van der Waals surface area contributed by atoms with E-state index in [0.29, 0.717) is 24.4 Å². The van der Waals surface area contributed by atoms with Crippen molar-refractivity contribution in [2.24, 2.45) is 4.99 Å². The molecule has 1 aromatic rings. The smallest absolute Gasteiger partial charge is 0.247 e. The van der Waals surface area contributed by atoms with Crippen molar-refractivity contribution in [3.05, 3.63) is 24.3 Å². The largest absolute Gasteiger partial charge is 0.497 e. The fourth-order valence-corrected chi connectivity index (χ4v) is 3.71. The first-order valence-electron chi connectivity index (χ1n) is 10.3. The molecule has 0 radical (unpaired) electrons. The van der Waals surface area contributed by atoms with Gasteiger partial charge in [0.25, 0.3) is 0 Å². The monoisotopic (exact) mass is 412 g/mol. The van der Waals surface area contributed by atoms with Gasteiger partial charge < -0.3 is 19.9 Å². The number of aliphatic imine (C=N–C) groups is 1. The highest BCUT2D eigenvalue weighted by molar-refractivity contribution is 5.97.